The van der Waals surface area contributed by atoms with Crippen LogP contribution in [0.25, 0.3) is 0 Å². The molecule has 0 amide bonds. The third kappa shape index (κ3) is 54.6. The molecule has 8 heavy (non-hydrogen) atoms. The van der Waals surface area contributed by atoms with E-state index in [1.807, 2.05) is 0 Å². The molecule has 0 fully saturated rings. The van der Waals surface area contributed by atoms with Crippen molar-refractivity contribution in [2.75, 3.05) is 0 Å². The molecule has 0 aromatic heterocycles. The zero-order valence-electron chi connectivity index (χ0n) is 6.41. The van der Waals surface area contributed by atoms with Crippen LogP contribution in [-0.2, 0) is 47.9 Å². The SMILES string of the molecule is O.O.O.O.[Ca+2].[H-].[H-].[PbH2].[Ti].[Zr]. The van der Waals surface area contributed by atoms with Gasteiger partial charge in [-0.2, -0.15) is 0 Å². The van der Waals surface area contributed by atoms with Crippen LogP contribution >= 0.6 is 0 Å². The number of hydrogen-bond acceptors (Lipinski definition) is 0. The van der Waals surface area contributed by atoms with Crippen molar-refractivity contribution >= 4 is 65.0 Å². The van der Waals surface area contributed by atoms with E-state index in [0.29, 0.717) is 0 Å². The molecular formula is H12CaO4PbTiZr. The second kappa shape index (κ2) is 75.0. The predicted molar refractivity (Wildman–Crippen MR) is 31.0 cm³/mol. The fourth-order valence-corrected chi connectivity index (χ4v) is 0. The first-order valence-corrected chi connectivity index (χ1v) is 0. The molecule has 0 aromatic rings. The van der Waals surface area contributed by atoms with Crippen LogP contribution in [0.15, 0.2) is 0 Å². The number of rotatable bonds is 0. The molecule has 0 aliphatic heterocycles. The molecule has 0 saturated heterocycles. The van der Waals surface area contributed by atoms with Gasteiger partial charge in [0.05, 0.1) is 0 Å². The summed E-state index contributed by atoms with van der Waals surface area (Å²) < 4.78 is 0. The molecule has 0 atom stereocenters. The van der Waals surface area contributed by atoms with Crippen LogP contribution in [0.2, 0.25) is 0 Å². The van der Waals surface area contributed by atoms with Crippen molar-refractivity contribution in [1.29, 1.82) is 0 Å². The quantitative estimate of drug-likeness (QED) is 0.323. The smallest absolute Gasteiger partial charge is 0 e. The monoisotopic (exact) mass is 462 g/mol. The summed E-state index contributed by atoms with van der Waals surface area (Å²) in [5.41, 5.74) is 0. The van der Waals surface area contributed by atoms with Gasteiger partial charge in [0.2, 0.25) is 0 Å². The molecule has 2 radical (unpaired) electrons. The van der Waals surface area contributed by atoms with Crippen LogP contribution in [0.5, 0.6) is 0 Å². The summed E-state index contributed by atoms with van der Waals surface area (Å²) in [4.78, 5) is 0. The summed E-state index contributed by atoms with van der Waals surface area (Å²) >= 11 is 0. The van der Waals surface area contributed by atoms with Crippen LogP contribution in [0, 0.1) is 0 Å². The minimum absolute atomic E-state index is 0. The first-order valence-electron chi connectivity index (χ1n) is 0. The van der Waals surface area contributed by atoms with E-state index in [4.69, 9.17) is 0 Å². The van der Waals surface area contributed by atoms with Crippen molar-refractivity contribution in [3.05, 3.63) is 0 Å². The van der Waals surface area contributed by atoms with E-state index in [2.05, 4.69) is 0 Å². The molecule has 0 aliphatic carbocycles. The Morgan fingerprint density at radius 2 is 0.750 bits per heavy atom. The van der Waals surface area contributed by atoms with Gasteiger partial charge in [0.15, 0.2) is 0 Å². The zero-order valence-corrected chi connectivity index (χ0v) is 16.1. The third-order valence-electron chi connectivity index (χ3n) is 0. The molecule has 0 aliphatic rings. The molecule has 0 bridgehead atoms. The Labute approximate surface area is 135 Å². The standard InChI is InChI=1S/Ca.4H2O.Pb.Ti.Zr.4H/h;4*1H2;;;;;;;/q+2;;;;;;;;;;2*-1. The van der Waals surface area contributed by atoms with Crippen LogP contribution in [0.4, 0.5) is 0 Å². The van der Waals surface area contributed by atoms with E-state index in [1.54, 1.807) is 0 Å². The molecular weight excluding hydrogens is 450 g/mol. The Morgan fingerprint density at radius 1 is 0.750 bits per heavy atom. The molecule has 0 spiro atoms. The summed E-state index contributed by atoms with van der Waals surface area (Å²) in [5.74, 6) is 0. The molecule has 0 unspecified atom stereocenters. The largest absolute Gasteiger partial charge is 0 e. The summed E-state index contributed by atoms with van der Waals surface area (Å²) in [5, 5.41) is 0. The predicted octanol–water partition coefficient (Wildman–Crippen LogP) is -4.38. The third-order valence-corrected chi connectivity index (χ3v) is 0. The van der Waals surface area contributed by atoms with E-state index in [9.17, 15) is 0 Å². The average molecular weight is 462 g/mol. The maximum atomic E-state index is 0. The van der Waals surface area contributed by atoms with Crippen LogP contribution < -0.4 is 0 Å². The first kappa shape index (κ1) is 100. The minimum Gasteiger partial charge on any atom is 0 e. The van der Waals surface area contributed by atoms with Crippen molar-refractivity contribution < 1.29 is 72.7 Å². The molecule has 4 nitrogen and oxygen atoms in total. The molecule has 0 saturated carbocycles. The van der Waals surface area contributed by atoms with Gasteiger partial charge in [-0.15, -0.1) is 0 Å². The molecule has 8 heteroatoms. The fourth-order valence-electron chi connectivity index (χ4n) is 0. The number of hydrogen-bond donors (Lipinski definition) is 0. The van der Waals surface area contributed by atoms with Gasteiger partial charge >= 0.3 is 65.0 Å². The van der Waals surface area contributed by atoms with Crippen molar-refractivity contribution in [2.45, 2.75) is 0 Å². The average Bonchev–Trinajstić information content (AvgIpc) is 0. The summed E-state index contributed by atoms with van der Waals surface area (Å²) in [7, 11) is 0. The first-order chi connectivity index (χ1) is 0. The Hall–Kier alpha value is 3.62. The van der Waals surface area contributed by atoms with Crippen molar-refractivity contribution in [3.8, 4) is 0 Å². The Bertz CT molecular complexity index is 23.2. The second-order valence-corrected chi connectivity index (χ2v) is 0. The van der Waals surface area contributed by atoms with Gasteiger partial charge in [-0.05, 0) is 0 Å². The van der Waals surface area contributed by atoms with Crippen LogP contribution in [-0.4, -0.2) is 86.9 Å². The van der Waals surface area contributed by atoms with Crippen molar-refractivity contribution in [3.63, 3.8) is 0 Å². The summed E-state index contributed by atoms with van der Waals surface area (Å²) in [6.07, 6.45) is 0. The maximum absolute atomic E-state index is 0. The molecule has 8 N–H and O–H groups in total. The second-order valence-electron chi connectivity index (χ2n) is 0. The van der Waals surface area contributed by atoms with Crippen LogP contribution in [0.1, 0.15) is 2.85 Å². The van der Waals surface area contributed by atoms with Gasteiger partial charge < -0.3 is 24.8 Å². The Kier molecular flexibility index (Phi) is 938. The van der Waals surface area contributed by atoms with Gasteiger partial charge in [-0.1, -0.05) is 0 Å². The summed E-state index contributed by atoms with van der Waals surface area (Å²) in [6, 6.07) is 0. The Balaban J connectivity index is 0. The van der Waals surface area contributed by atoms with E-state index < -0.39 is 0 Å². The molecule has 0 rings (SSSR count). The van der Waals surface area contributed by atoms with E-state index in [1.165, 1.54) is 0 Å². The molecule has 0 heterocycles. The fraction of sp³-hybridized carbons (Fsp3) is 0. The van der Waals surface area contributed by atoms with Crippen molar-refractivity contribution in [2.24, 2.45) is 0 Å². The maximum Gasteiger partial charge on any atom is 0 e. The van der Waals surface area contributed by atoms with Gasteiger partial charge in [0, 0.05) is 47.9 Å². The van der Waals surface area contributed by atoms with E-state index in [-0.39, 0.29) is 138 Å². The van der Waals surface area contributed by atoms with E-state index in [0.717, 1.165) is 0 Å². The van der Waals surface area contributed by atoms with Crippen molar-refractivity contribution in [1.82, 2.24) is 0 Å². The normalized spacial score (nSPS) is 0. The zero-order chi connectivity index (χ0) is 0. The van der Waals surface area contributed by atoms with Gasteiger partial charge in [0.25, 0.3) is 0 Å². The minimum atomic E-state index is 0. The van der Waals surface area contributed by atoms with Gasteiger partial charge in [0.1, 0.15) is 0 Å². The summed E-state index contributed by atoms with van der Waals surface area (Å²) in [6.45, 7) is 0. The topological polar surface area (TPSA) is 126 Å². The molecule has 50 valence electrons. The van der Waals surface area contributed by atoms with Gasteiger partial charge in [-0.3, -0.25) is 0 Å². The van der Waals surface area contributed by atoms with Gasteiger partial charge in [-0.25, -0.2) is 0 Å². The molecule has 0 aromatic carbocycles. The van der Waals surface area contributed by atoms with Crippen LogP contribution in [0.3, 0.4) is 0 Å². The van der Waals surface area contributed by atoms with E-state index >= 15 is 0 Å². The Morgan fingerprint density at radius 3 is 0.750 bits per heavy atom.